The fourth-order valence-electron chi connectivity index (χ4n) is 3.19. The third-order valence-electron chi connectivity index (χ3n) is 4.57. The van der Waals surface area contributed by atoms with E-state index < -0.39 is 5.41 Å². The number of halogens is 1. The Labute approximate surface area is 125 Å². The van der Waals surface area contributed by atoms with Gasteiger partial charge in [0.2, 0.25) is 5.91 Å². The van der Waals surface area contributed by atoms with Gasteiger partial charge < -0.3 is 10.4 Å². The Morgan fingerprint density at radius 2 is 2.10 bits per heavy atom. The molecule has 0 saturated heterocycles. The first-order chi connectivity index (χ1) is 10.1. The lowest BCUT2D eigenvalue weighted by Crippen LogP contribution is -2.50. The molecule has 1 saturated carbocycles. The molecular weight excluding hydrogens is 269 g/mol. The third-order valence-corrected chi connectivity index (χ3v) is 4.57. The quantitative estimate of drug-likeness (QED) is 0.877. The Morgan fingerprint density at radius 3 is 2.67 bits per heavy atom. The Morgan fingerprint density at radius 1 is 1.38 bits per heavy atom. The molecule has 1 unspecified atom stereocenters. The zero-order valence-corrected chi connectivity index (χ0v) is 12.6. The lowest BCUT2D eigenvalue weighted by molar-refractivity contribution is -0.129. The van der Waals surface area contributed by atoms with Gasteiger partial charge in [0.05, 0.1) is 18.1 Å². The fraction of sp³-hybridized carbons (Fsp3) is 0.588. The van der Waals surface area contributed by atoms with Crippen LogP contribution in [0.2, 0.25) is 0 Å². The van der Waals surface area contributed by atoms with Gasteiger partial charge in [-0.05, 0) is 37.0 Å². The molecule has 0 aliphatic heterocycles. The average Bonchev–Trinajstić information content (AvgIpc) is 2.53. The number of rotatable bonds is 5. The van der Waals surface area contributed by atoms with Crippen molar-refractivity contribution >= 4 is 5.91 Å². The second kappa shape index (κ2) is 7.03. The van der Waals surface area contributed by atoms with Gasteiger partial charge in [0.15, 0.2) is 0 Å². The van der Waals surface area contributed by atoms with Gasteiger partial charge in [-0.3, -0.25) is 4.79 Å². The summed E-state index contributed by atoms with van der Waals surface area (Å²) in [6.07, 6.45) is 5.22. The minimum Gasteiger partial charge on any atom is -0.394 e. The van der Waals surface area contributed by atoms with Crippen LogP contribution in [0.4, 0.5) is 4.39 Å². The van der Waals surface area contributed by atoms with Crippen LogP contribution in [-0.2, 0) is 10.2 Å². The van der Waals surface area contributed by atoms with Gasteiger partial charge in [0.25, 0.3) is 0 Å². The van der Waals surface area contributed by atoms with E-state index in [1.54, 1.807) is 6.07 Å². The Balaban J connectivity index is 2.31. The molecule has 2 rings (SSSR count). The molecule has 1 fully saturated rings. The van der Waals surface area contributed by atoms with Crippen LogP contribution in [-0.4, -0.2) is 23.7 Å². The van der Waals surface area contributed by atoms with E-state index in [4.69, 9.17) is 0 Å². The molecule has 1 aliphatic rings. The maximum atomic E-state index is 13.6. The summed E-state index contributed by atoms with van der Waals surface area (Å²) in [5.41, 5.74) is 0.107. The lowest BCUT2D eigenvalue weighted by atomic mass is 9.68. The van der Waals surface area contributed by atoms with Gasteiger partial charge in [-0.1, -0.05) is 38.3 Å². The molecule has 0 aromatic heterocycles. The summed E-state index contributed by atoms with van der Waals surface area (Å²) in [5.74, 6) is -0.381. The number of nitrogens with one attached hydrogen (secondary N) is 1. The highest BCUT2D eigenvalue weighted by Crippen LogP contribution is 2.40. The molecule has 0 radical (unpaired) electrons. The normalized spacial score (nSPS) is 19.0. The zero-order chi connectivity index (χ0) is 15.3. The zero-order valence-electron chi connectivity index (χ0n) is 12.6. The van der Waals surface area contributed by atoms with Crippen LogP contribution in [0.1, 0.15) is 51.0 Å². The van der Waals surface area contributed by atoms with Crippen LogP contribution < -0.4 is 5.32 Å². The van der Waals surface area contributed by atoms with Crippen LogP contribution in [0, 0.1) is 5.82 Å². The van der Waals surface area contributed by atoms with E-state index in [0.717, 1.165) is 37.7 Å². The minimum atomic E-state index is -0.650. The molecule has 1 atom stereocenters. The van der Waals surface area contributed by atoms with E-state index in [2.05, 4.69) is 5.32 Å². The van der Waals surface area contributed by atoms with Gasteiger partial charge >= 0.3 is 0 Å². The van der Waals surface area contributed by atoms with Crippen molar-refractivity contribution in [1.82, 2.24) is 5.32 Å². The summed E-state index contributed by atoms with van der Waals surface area (Å²) >= 11 is 0. The van der Waals surface area contributed by atoms with E-state index in [9.17, 15) is 14.3 Å². The van der Waals surface area contributed by atoms with Gasteiger partial charge in [-0.15, -0.1) is 0 Å². The molecule has 1 amide bonds. The molecule has 1 aliphatic carbocycles. The number of hydrogen-bond donors (Lipinski definition) is 2. The number of hydrogen-bond acceptors (Lipinski definition) is 2. The smallest absolute Gasteiger partial charge is 0.230 e. The minimum absolute atomic E-state index is 0.0680. The standard InChI is InChI=1S/C17H24FNO2/c1-2-15(12-20)19-16(21)17(9-4-3-5-10-17)13-7-6-8-14(18)11-13/h6-8,11,15,20H,2-5,9-10,12H2,1H3,(H,19,21). The van der Waals surface area contributed by atoms with Crippen molar-refractivity contribution in [3.05, 3.63) is 35.6 Å². The van der Waals surface area contributed by atoms with E-state index in [-0.39, 0.29) is 24.4 Å². The topological polar surface area (TPSA) is 49.3 Å². The predicted molar refractivity (Wildman–Crippen MR) is 80.5 cm³/mol. The molecule has 1 aromatic carbocycles. The highest BCUT2D eigenvalue weighted by atomic mass is 19.1. The van der Waals surface area contributed by atoms with Gasteiger partial charge in [-0.2, -0.15) is 0 Å². The molecule has 1 aromatic rings. The highest BCUT2D eigenvalue weighted by molar-refractivity contribution is 5.88. The van der Waals surface area contributed by atoms with Crippen LogP contribution in [0.5, 0.6) is 0 Å². The molecule has 4 heteroatoms. The summed E-state index contributed by atoms with van der Waals surface area (Å²) in [5, 5.41) is 12.2. The SMILES string of the molecule is CCC(CO)NC(=O)C1(c2cccc(F)c2)CCCCC1. The number of benzene rings is 1. The van der Waals surface area contributed by atoms with Crippen molar-refractivity contribution in [2.45, 2.75) is 56.9 Å². The Kier molecular flexibility index (Phi) is 5.34. The maximum absolute atomic E-state index is 13.6. The summed E-state index contributed by atoms with van der Waals surface area (Å²) in [6, 6.07) is 6.15. The second-order valence-corrected chi connectivity index (χ2v) is 5.91. The molecule has 116 valence electrons. The first-order valence-electron chi connectivity index (χ1n) is 7.80. The number of amides is 1. The fourth-order valence-corrected chi connectivity index (χ4v) is 3.19. The highest BCUT2D eigenvalue weighted by Gasteiger charge is 2.41. The Bertz CT molecular complexity index is 479. The number of aliphatic hydroxyl groups is 1. The van der Waals surface area contributed by atoms with Crippen molar-refractivity contribution in [2.75, 3.05) is 6.61 Å². The summed E-state index contributed by atoms with van der Waals surface area (Å²) in [7, 11) is 0. The van der Waals surface area contributed by atoms with Gasteiger partial charge in [-0.25, -0.2) is 4.39 Å². The average molecular weight is 293 g/mol. The number of aliphatic hydroxyl groups excluding tert-OH is 1. The molecule has 2 N–H and O–H groups in total. The maximum Gasteiger partial charge on any atom is 0.230 e. The molecule has 0 heterocycles. The van der Waals surface area contributed by atoms with E-state index in [1.165, 1.54) is 12.1 Å². The molecule has 0 bridgehead atoms. The number of carbonyl (C=O) groups is 1. The first kappa shape index (κ1) is 16.0. The molecule has 3 nitrogen and oxygen atoms in total. The molecular formula is C17H24FNO2. The van der Waals surface area contributed by atoms with Gasteiger partial charge in [0.1, 0.15) is 5.82 Å². The van der Waals surface area contributed by atoms with Gasteiger partial charge in [0, 0.05) is 0 Å². The van der Waals surface area contributed by atoms with Crippen LogP contribution in [0.25, 0.3) is 0 Å². The summed E-state index contributed by atoms with van der Waals surface area (Å²) in [6.45, 7) is 1.86. The summed E-state index contributed by atoms with van der Waals surface area (Å²) < 4.78 is 13.6. The van der Waals surface area contributed by atoms with Crippen LogP contribution >= 0.6 is 0 Å². The predicted octanol–water partition coefficient (Wildman–Crippen LogP) is 2.91. The molecule has 0 spiro atoms. The first-order valence-corrected chi connectivity index (χ1v) is 7.80. The lowest BCUT2D eigenvalue weighted by Gasteiger charge is -2.37. The number of carbonyl (C=O) groups excluding carboxylic acids is 1. The van der Waals surface area contributed by atoms with Crippen LogP contribution in [0.15, 0.2) is 24.3 Å². The van der Waals surface area contributed by atoms with Crippen molar-refractivity contribution in [3.63, 3.8) is 0 Å². The van der Waals surface area contributed by atoms with E-state index in [0.29, 0.717) is 6.42 Å². The second-order valence-electron chi connectivity index (χ2n) is 5.91. The summed E-state index contributed by atoms with van der Waals surface area (Å²) in [4.78, 5) is 12.8. The van der Waals surface area contributed by atoms with E-state index in [1.807, 2.05) is 13.0 Å². The van der Waals surface area contributed by atoms with Crippen LogP contribution in [0.3, 0.4) is 0 Å². The Hall–Kier alpha value is -1.42. The molecule has 21 heavy (non-hydrogen) atoms. The largest absolute Gasteiger partial charge is 0.394 e. The van der Waals surface area contributed by atoms with Crippen molar-refractivity contribution in [3.8, 4) is 0 Å². The third kappa shape index (κ3) is 3.43. The monoisotopic (exact) mass is 293 g/mol. The van der Waals surface area contributed by atoms with Crippen molar-refractivity contribution in [1.29, 1.82) is 0 Å². The van der Waals surface area contributed by atoms with Crippen molar-refractivity contribution < 1.29 is 14.3 Å². The van der Waals surface area contributed by atoms with E-state index >= 15 is 0 Å². The van der Waals surface area contributed by atoms with Crippen molar-refractivity contribution in [2.24, 2.45) is 0 Å².